The number of aromatic nitrogens is 1. The molecule has 0 saturated heterocycles. The summed E-state index contributed by atoms with van der Waals surface area (Å²) in [6.45, 7) is 6.67. The van der Waals surface area contributed by atoms with E-state index in [1.165, 1.54) is 52.0 Å². The fourth-order valence-corrected chi connectivity index (χ4v) is 3.39. The maximum atomic E-state index is 4.97. The van der Waals surface area contributed by atoms with Crippen LogP contribution in [0.2, 0.25) is 0 Å². The fraction of sp³-hybridized carbons (Fsp3) is 0.421. The first-order valence-electron chi connectivity index (χ1n) is 7.84. The normalized spacial score (nSPS) is 13.6. The Hall–Kier alpha value is -1.63. The summed E-state index contributed by atoms with van der Waals surface area (Å²) in [5.74, 6) is 0. The molecule has 1 nitrogen and oxygen atoms in total. The van der Waals surface area contributed by atoms with E-state index in [4.69, 9.17) is 4.98 Å². The van der Waals surface area contributed by atoms with Gasteiger partial charge in [0.15, 0.2) is 0 Å². The predicted molar refractivity (Wildman–Crippen MR) is 85.2 cm³/mol. The number of pyridine rings is 1. The molecule has 1 aliphatic rings. The van der Waals surface area contributed by atoms with E-state index in [0.717, 1.165) is 19.3 Å². The molecular weight excluding hydrogens is 242 g/mol. The zero-order valence-electron chi connectivity index (χ0n) is 12.8. The average molecular weight is 265 g/mol. The minimum absolute atomic E-state index is 1.07. The molecule has 0 fully saturated rings. The first kappa shape index (κ1) is 13.4. The van der Waals surface area contributed by atoms with Gasteiger partial charge in [-0.1, -0.05) is 37.6 Å². The van der Waals surface area contributed by atoms with Gasteiger partial charge < -0.3 is 0 Å². The fourth-order valence-electron chi connectivity index (χ4n) is 3.39. The molecular formula is C19H23N. The molecule has 2 aromatic rings. The van der Waals surface area contributed by atoms with Crippen molar-refractivity contribution in [1.82, 2.24) is 4.98 Å². The van der Waals surface area contributed by atoms with Crippen LogP contribution in [0.15, 0.2) is 24.3 Å². The molecule has 104 valence electrons. The summed E-state index contributed by atoms with van der Waals surface area (Å²) in [6.07, 6.45) is 5.77. The standard InChI is InChI=1S/C19H23N/c1-4-14-11-13(3)12-15(5-2)19(14)18-10-9-16-7-6-8-17(16)20-18/h9-12H,4-8H2,1-3H3. The molecule has 0 radical (unpaired) electrons. The molecule has 20 heavy (non-hydrogen) atoms. The van der Waals surface area contributed by atoms with Crippen molar-refractivity contribution in [3.63, 3.8) is 0 Å². The first-order valence-corrected chi connectivity index (χ1v) is 7.84. The van der Waals surface area contributed by atoms with Crippen molar-refractivity contribution < 1.29 is 0 Å². The SMILES string of the molecule is CCc1cc(C)cc(CC)c1-c1ccc2c(n1)CCC2. The monoisotopic (exact) mass is 265 g/mol. The zero-order chi connectivity index (χ0) is 14.1. The van der Waals surface area contributed by atoms with Gasteiger partial charge in [0, 0.05) is 11.3 Å². The molecule has 0 amide bonds. The Morgan fingerprint density at radius 1 is 1.00 bits per heavy atom. The summed E-state index contributed by atoms with van der Waals surface area (Å²) in [6, 6.07) is 9.17. The largest absolute Gasteiger partial charge is 0.253 e. The van der Waals surface area contributed by atoms with Crippen LogP contribution in [0.4, 0.5) is 0 Å². The lowest BCUT2D eigenvalue weighted by Gasteiger charge is -2.15. The van der Waals surface area contributed by atoms with Crippen LogP contribution in [0.1, 0.15) is 48.2 Å². The van der Waals surface area contributed by atoms with Gasteiger partial charge in [-0.2, -0.15) is 0 Å². The highest BCUT2D eigenvalue weighted by Crippen LogP contribution is 2.31. The molecule has 0 N–H and O–H groups in total. The topological polar surface area (TPSA) is 12.9 Å². The molecule has 0 unspecified atom stereocenters. The number of nitrogens with zero attached hydrogens (tertiary/aromatic N) is 1. The van der Waals surface area contributed by atoms with Crippen LogP contribution in [0, 0.1) is 6.92 Å². The number of aryl methyl sites for hydroxylation is 5. The van der Waals surface area contributed by atoms with Crippen molar-refractivity contribution in [2.45, 2.75) is 52.9 Å². The number of rotatable bonds is 3. The highest BCUT2D eigenvalue weighted by molar-refractivity contribution is 5.69. The van der Waals surface area contributed by atoms with Crippen LogP contribution in [0.3, 0.4) is 0 Å². The third-order valence-corrected chi connectivity index (χ3v) is 4.39. The first-order chi connectivity index (χ1) is 9.72. The molecule has 1 heteroatoms. The second kappa shape index (κ2) is 5.40. The Morgan fingerprint density at radius 3 is 2.35 bits per heavy atom. The third kappa shape index (κ3) is 2.26. The van der Waals surface area contributed by atoms with Gasteiger partial charge in [0.1, 0.15) is 0 Å². The summed E-state index contributed by atoms with van der Waals surface area (Å²) >= 11 is 0. The number of fused-ring (bicyclic) bond motifs is 1. The molecule has 1 aliphatic carbocycles. The molecule has 0 aliphatic heterocycles. The lowest BCUT2D eigenvalue weighted by molar-refractivity contribution is 0.899. The Kier molecular flexibility index (Phi) is 3.60. The van der Waals surface area contributed by atoms with Crippen LogP contribution in [-0.4, -0.2) is 4.98 Å². The summed E-state index contributed by atoms with van der Waals surface area (Å²) in [7, 11) is 0. The third-order valence-electron chi connectivity index (χ3n) is 4.39. The summed E-state index contributed by atoms with van der Waals surface area (Å²) < 4.78 is 0. The van der Waals surface area contributed by atoms with E-state index in [1.807, 2.05) is 0 Å². The van der Waals surface area contributed by atoms with Gasteiger partial charge in [-0.25, -0.2) is 0 Å². The molecule has 0 saturated carbocycles. The molecule has 1 aromatic heterocycles. The van der Waals surface area contributed by atoms with Crippen molar-refractivity contribution in [3.8, 4) is 11.3 Å². The van der Waals surface area contributed by atoms with Crippen molar-refractivity contribution in [2.75, 3.05) is 0 Å². The summed E-state index contributed by atoms with van der Waals surface area (Å²) in [4.78, 5) is 4.97. The molecule has 1 aromatic carbocycles. The minimum atomic E-state index is 1.07. The van der Waals surface area contributed by atoms with E-state index in [0.29, 0.717) is 0 Å². The summed E-state index contributed by atoms with van der Waals surface area (Å²) in [5, 5.41) is 0. The van der Waals surface area contributed by atoms with E-state index in [9.17, 15) is 0 Å². The Balaban J connectivity index is 2.18. The molecule has 0 bridgehead atoms. The number of benzene rings is 1. The quantitative estimate of drug-likeness (QED) is 0.786. The van der Waals surface area contributed by atoms with Gasteiger partial charge in [0.2, 0.25) is 0 Å². The zero-order valence-corrected chi connectivity index (χ0v) is 12.8. The van der Waals surface area contributed by atoms with Crippen LogP contribution >= 0.6 is 0 Å². The second-order valence-corrected chi connectivity index (χ2v) is 5.82. The van der Waals surface area contributed by atoms with E-state index in [-0.39, 0.29) is 0 Å². The lowest BCUT2D eigenvalue weighted by atomic mass is 9.92. The van der Waals surface area contributed by atoms with Gasteiger partial charge in [0.25, 0.3) is 0 Å². The molecule has 0 spiro atoms. The minimum Gasteiger partial charge on any atom is -0.253 e. The van der Waals surface area contributed by atoms with E-state index in [1.54, 1.807) is 0 Å². The smallest absolute Gasteiger partial charge is 0.0711 e. The van der Waals surface area contributed by atoms with Gasteiger partial charge in [-0.3, -0.25) is 4.98 Å². The predicted octanol–water partition coefficient (Wildman–Crippen LogP) is 4.67. The molecule has 0 atom stereocenters. The van der Waals surface area contributed by atoms with Crippen molar-refractivity contribution in [1.29, 1.82) is 0 Å². The van der Waals surface area contributed by atoms with Gasteiger partial charge in [-0.05, 0) is 61.8 Å². The van der Waals surface area contributed by atoms with E-state index < -0.39 is 0 Å². The van der Waals surface area contributed by atoms with Gasteiger partial charge in [0.05, 0.1) is 5.69 Å². The summed E-state index contributed by atoms with van der Waals surface area (Å²) in [5.41, 5.74) is 9.59. The Morgan fingerprint density at radius 2 is 1.70 bits per heavy atom. The van der Waals surface area contributed by atoms with Gasteiger partial charge >= 0.3 is 0 Å². The lowest BCUT2D eigenvalue weighted by Crippen LogP contribution is -1.99. The van der Waals surface area contributed by atoms with Crippen molar-refractivity contribution >= 4 is 0 Å². The number of hydrogen-bond acceptors (Lipinski definition) is 1. The van der Waals surface area contributed by atoms with Crippen molar-refractivity contribution in [2.24, 2.45) is 0 Å². The van der Waals surface area contributed by atoms with Crippen LogP contribution in [0.5, 0.6) is 0 Å². The average Bonchev–Trinajstić information content (AvgIpc) is 2.93. The maximum Gasteiger partial charge on any atom is 0.0711 e. The Labute approximate surface area is 122 Å². The van der Waals surface area contributed by atoms with Gasteiger partial charge in [-0.15, -0.1) is 0 Å². The van der Waals surface area contributed by atoms with Crippen LogP contribution in [-0.2, 0) is 25.7 Å². The highest BCUT2D eigenvalue weighted by Gasteiger charge is 2.16. The molecule has 3 rings (SSSR count). The second-order valence-electron chi connectivity index (χ2n) is 5.82. The highest BCUT2D eigenvalue weighted by atomic mass is 14.7. The van der Waals surface area contributed by atoms with E-state index >= 15 is 0 Å². The number of hydrogen-bond donors (Lipinski definition) is 0. The maximum absolute atomic E-state index is 4.97. The van der Waals surface area contributed by atoms with Crippen molar-refractivity contribution in [3.05, 3.63) is 52.2 Å². The van der Waals surface area contributed by atoms with E-state index in [2.05, 4.69) is 45.0 Å². The van der Waals surface area contributed by atoms with Crippen LogP contribution in [0.25, 0.3) is 11.3 Å². The Bertz CT molecular complexity index is 615. The molecule has 1 heterocycles. The van der Waals surface area contributed by atoms with Crippen LogP contribution < -0.4 is 0 Å².